The molecule has 2 amide bonds. The van der Waals surface area contributed by atoms with Crippen molar-refractivity contribution in [1.29, 1.82) is 0 Å². The molecule has 6 heteroatoms. The van der Waals surface area contributed by atoms with Crippen LogP contribution in [0.4, 0.5) is 11.4 Å². The van der Waals surface area contributed by atoms with Crippen LogP contribution in [0.1, 0.15) is 28.4 Å². The van der Waals surface area contributed by atoms with Crippen molar-refractivity contribution >= 4 is 35.2 Å². The summed E-state index contributed by atoms with van der Waals surface area (Å²) >= 11 is 0. The highest BCUT2D eigenvalue weighted by Crippen LogP contribution is 2.49. The van der Waals surface area contributed by atoms with E-state index in [0.717, 1.165) is 27.9 Å². The number of fused-ring (bicyclic) bond motifs is 5. The lowest BCUT2D eigenvalue weighted by molar-refractivity contribution is -0.151. The van der Waals surface area contributed by atoms with Crippen LogP contribution in [0.25, 0.3) is 6.08 Å². The Morgan fingerprint density at radius 3 is 1.98 bits per heavy atom. The first kappa shape index (κ1) is 25.0. The number of aryl methyl sites for hydroxylation is 1. The first-order valence-corrected chi connectivity index (χ1v) is 13.8. The Morgan fingerprint density at radius 1 is 0.732 bits per heavy atom. The van der Waals surface area contributed by atoms with Crippen LogP contribution < -0.4 is 9.80 Å². The lowest BCUT2D eigenvalue weighted by Crippen LogP contribution is -2.49. The number of nitrogens with zero attached hydrogens (tertiary/aromatic N) is 2. The van der Waals surface area contributed by atoms with Crippen LogP contribution in [0.5, 0.6) is 0 Å². The summed E-state index contributed by atoms with van der Waals surface area (Å²) in [6, 6.07) is 32.8. The Morgan fingerprint density at radius 2 is 1.32 bits per heavy atom. The van der Waals surface area contributed by atoms with Crippen molar-refractivity contribution in [3.8, 4) is 0 Å². The van der Waals surface area contributed by atoms with Crippen LogP contribution in [-0.4, -0.2) is 29.9 Å². The largest absolute Gasteiger partial charge is 0.451 e. The number of para-hydroxylation sites is 1. The molecule has 0 bridgehead atoms. The van der Waals surface area contributed by atoms with Gasteiger partial charge in [-0.15, -0.1) is 0 Å². The van der Waals surface area contributed by atoms with Crippen LogP contribution in [0.15, 0.2) is 115 Å². The lowest BCUT2D eigenvalue weighted by Gasteiger charge is -2.36. The molecule has 0 radical (unpaired) electrons. The molecule has 41 heavy (non-hydrogen) atoms. The Kier molecular flexibility index (Phi) is 6.04. The molecule has 0 aromatic heterocycles. The maximum atomic E-state index is 14.4. The normalized spacial score (nSPS) is 22.5. The smallest absolute Gasteiger partial charge is 0.330 e. The number of hydrogen-bond donors (Lipinski definition) is 0. The topological polar surface area (TPSA) is 66.9 Å². The van der Waals surface area contributed by atoms with Gasteiger partial charge in [-0.25, -0.2) is 9.69 Å². The molecular weight excluding hydrogens is 512 g/mol. The molecule has 3 heterocycles. The summed E-state index contributed by atoms with van der Waals surface area (Å²) in [5, 5.41) is 0. The Labute approximate surface area is 238 Å². The highest BCUT2D eigenvalue weighted by molar-refractivity contribution is 6.24. The molecule has 3 aliphatic heterocycles. The van der Waals surface area contributed by atoms with E-state index in [9.17, 15) is 14.4 Å². The van der Waals surface area contributed by atoms with E-state index >= 15 is 0 Å². The molecule has 202 valence electrons. The van der Waals surface area contributed by atoms with E-state index in [4.69, 9.17) is 4.74 Å². The lowest BCUT2D eigenvalue weighted by atomic mass is 9.88. The quantitative estimate of drug-likeness (QED) is 0.239. The van der Waals surface area contributed by atoms with Gasteiger partial charge >= 0.3 is 5.97 Å². The molecule has 0 spiro atoms. The minimum absolute atomic E-state index is 0.291. The zero-order valence-electron chi connectivity index (χ0n) is 22.5. The fourth-order valence-corrected chi connectivity index (χ4v) is 6.50. The van der Waals surface area contributed by atoms with Crippen molar-refractivity contribution in [3.63, 3.8) is 0 Å². The zero-order valence-corrected chi connectivity index (χ0v) is 22.5. The molecule has 0 saturated carbocycles. The SMILES string of the molecule is Cc1ccc(N2C(=O)[C@@H]3[C@H](C2=O)[C@H](C(=O)OC(c2ccccc2)c2ccccc2)N2c4ccccc4C=C[C@H]32)cc1. The standard InChI is InChI=1S/C35H28N2O4/c1-22-16-19-26(20-17-22)36-33(38)29-28-21-18-23-10-8-9-15-27(23)37(28)31(30(29)34(36)39)35(40)41-32(24-11-4-2-5-12-24)25-13-6-3-7-14-25/h2-21,28-32H,1H3/t28-,29+,30+,31-/m1/s1. The number of esters is 1. The number of hydrogen-bond acceptors (Lipinski definition) is 5. The number of imide groups is 1. The number of rotatable bonds is 5. The van der Waals surface area contributed by atoms with Crippen molar-refractivity contribution in [2.75, 3.05) is 9.80 Å². The summed E-state index contributed by atoms with van der Waals surface area (Å²) in [5.74, 6) is -2.79. The molecule has 6 nitrogen and oxygen atoms in total. The molecule has 0 aliphatic carbocycles. The van der Waals surface area contributed by atoms with Gasteiger partial charge in [-0.05, 0) is 41.8 Å². The Balaban J connectivity index is 1.32. The van der Waals surface area contributed by atoms with E-state index in [1.54, 1.807) is 12.1 Å². The second kappa shape index (κ2) is 9.89. The molecule has 7 rings (SSSR count). The second-order valence-corrected chi connectivity index (χ2v) is 10.8. The summed E-state index contributed by atoms with van der Waals surface area (Å²) in [6.45, 7) is 1.95. The summed E-state index contributed by atoms with van der Waals surface area (Å²) in [4.78, 5) is 45.7. The first-order valence-electron chi connectivity index (χ1n) is 13.8. The van der Waals surface area contributed by atoms with Crippen LogP contribution in [0.2, 0.25) is 0 Å². The van der Waals surface area contributed by atoms with E-state index < -0.39 is 36.0 Å². The zero-order chi connectivity index (χ0) is 28.1. The van der Waals surface area contributed by atoms with Crippen molar-refractivity contribution in [2.45, 2.75) is 25.1 Å². The van der Waals surface area contributed by atoms with Gasteiger partial charge < -0.3 is 9.64 Å². The molecule has 3 aliphatic rings. The molecule has 2 fully saturated rings. The molecule has 4 aromatic rings. The third-order valence-corrected chi connectivity index (χ3v) is 8.39. The van der Waals surface area contributed by atoms with Gasteiger partial charge in [0.2, 0.25) is 11.8 Å². The summed E-state index contributed by atoms with van der Waals surface area (Å²) in [7, 11) is 0. The van der Waals surface area contributed by atoms with Gasteiger partial charge in [-0.1, -0.05) is 109 Å². The highest BCUT2D eigenvalue weighted by atomic mass is 16.5. The maximum absolute atomic E-state index is 14.4. The maximum Gasteiger partial charge on any atom is 0.330 e. The minimum atomic E-state index is -0.974. The van der Waals surface area contributed by atoms with Gasteiger partial charge in [0.25, 0.3) is 0 Å². The predicted octanol–water partition coefficient (Wildman–Crippen LogP) is 5.72. The first-order chi connectivity index (χ1) is 20.0. The van der Waals surface area contributed by atoms with Gasteiger partial charge in [0.05, 0.1) is 23.6 Å². The average Bonchev–Trinajstić information content (AvgIpc) is 3.49. The third-order valence-electron chi connectivity index (χ3n) is 8.39. The van der Waals surface area contributed by atoms with E-state index in [1.807, 2.05) is 121 Å². The number of carbonyl (C=O) groups excluding carboxylic acids is 3. The number of anilines is 2. The van der Waals surface area contributed by atoms with Gasteiger partial charge in [0.1, 0.15) is 6.04 Å². The fourth-order valence-electron chi connectivity index (χ4n) is 6.50. The van der Waals surface area contributed by atoms with Crippen molar-refractivity contribution < 1.29 is 19.1 Å². The number of benzene rings is 4. The molecular formula is C35H28N2O4. The van der Waals surface area contributed by atoms with Gasteiger partial charge in [0, 0.05) is 5.69 Å². The van der Waals surface area contributed by atoms with Crippen LogP contribution >= 0.6 is 0 Å². The van der Waals surface area contributed by atoms with Crippen LogP contribution in [0.3, 0.4) is 0 Å². The molecule has 0 unspecified atom stereocenters. The van der Waals surface area contributed by atoms with E-state index in [2.05, 4.69) is 0 Å². The molecule has 0 N–H and O–H groups in total. The fraction of sp³-hybridized carbons (Fsp3) is 0.171. The average molecular weight is 541 g/mol. The van der Waals surface area contributed by atoms with Crippen molar-refractivity contribution in [3.05, 3.63) is 138 Å². The van der Waals surface area contributed by atoms with Crippen molar-refractivity contribution in [2.24, 2.45) is 11.8 Å². The molecule has 2 saturated heterocycles. The van der Waals surface area contributed by atoms with Gasteiger partial charge in [-0.2, -0.15) is 0 Å². The van der Waals surface area contributed by atoms with E-state index in [0.29, 0.717) is 5.69 Å². The number of amides is 2. The highest BCUT2D eigenvalue weighted by Gasteiger charge is 2.65. The molecule has 4 atom stereocenters. The predicted molar refractivity (Wildman–Crippen MR) is 157 cm³/mol. The summed E-state index contributed by atoms with van der Waals surface area (Å²) < 4.78 is 6.33. The monoisotopic (exact) mass is 540 g/mol. The van der Waals surface area contributed by atoms with E-state index in [1.165, 1.54) is 4.90 Å². The minimum Gasteiger partial charge on any atom is -0.451 e. The summed E-state index contributed by atoms with van der Waals surface area (Å²) in [5.41, 5.74) is 4.94. The van der Waals surface area contributed by atoms with Crippen molar-refractivity contribution in [1.82, 2.24) is 0 Å². The van der Waals surface area contributed by atoms with Gasteiger partial charge in [0.15, 0.2) is 6.10 Å². The van der Waals surface area contributed by atoms with Gasteiger partial charge in [-0.3, -0.25) is 9.59 Å². The summed E-state index contributed by atoms with van der Waals surface area (Å²) in [6.07, 6.45) is 3.26. The van der Waals surface area contributed by atoms with E-state index in [-0.39, 0.29) is 11.8 Å². The Hall–Kier alpha value is -4.97. The van der Waals surface area contributed by atoms with Crippen LogP contribution in [-0.2, 0) is 19.1 Å². The van der Waals surface area contributed by atoms with Crippen LogP contribution in [0, 0.1) is 18.8 Å². The third kappa shape index (κ3) is 4.06. The number of ether oxygens (including phenoxy) is 1. The number of carbonyl (C=O) groups is 3. The second-order valence-electron chi connectivity index (χ2n) is 10.8. The molecule has 4 aromatic carbocycles. The Bertz CT molecular complexity index is 1630.